The number of aryl methyl sites for hydroxylation is 1. The molecule has 2 aromatic heterocycles. The van der Waals surface area contributed by atoms with Crippen LogP contribution in [0.3, 0.4) is 0 Å². The van der Waals surface area contributed by atoms with Gasteiger partial charge in [-0.1, -0.05) is 6.07 Å². The van der Waals surface area contributed by atoms with Crippen LogP contribution >= 0.6 is 11.3 Å². The van der Waals surface area contributed by atoms with Gasteiger partial charge in [0.25, 0.3) is 10.0 Å². The fourth-order valence-corrected chi connectivity index (χ4v) is 4.87. The second-order valence-corrected chi connectivity index (χ2v) is 7.90. The zero-order valence-corrected chi connectivity index (χ0v) is 13.3. The summed E-state index contributed by atoms with van der Waals surface area (Å²) in [6, 6.07) is 3.39. The van der Waals surface area contributed by atoms with Crippen molar-refractivity contribution in [1.82, 2.24) is 14.1 Å². The summed E-state index contributed by atoms with van der Waals surface area (Å²) < 4.78 is 34.5. The van der Waals surface area contributed by atoms with Crippen molar-refractivity contribution in [2.45, 2.75) is 23.8 Å². The molecule has 6 nitrogen and oxygen atoms in total. The SMILES string of the molecule is CCn1cc(C2CN(S(=O)(=O)c3cccs3)CCO2)cn1. The van der Waals surface area contributed by atoms with Crippen molar-refractivity contribution in [3.05, 3.63) is 35.5 Å². The zero-order chi connectivity index (χ0) is 14.9. The second-order valence-electron chi connectivity index (χ2n) is 4.78. The summed E-state index contributed by atoms with van der Waals surface area (Å²) in [7, 11) is -3.41. The number of rotatable bonds is 4. The average molecular weight is 327 g/mol. The Bertz CT molecular complexity index is 694. The van der Waals surface area contributed by atoms with Gasteiger partial charge < -0.3 is 4.74 Å². The van der Waals surface area contributed by atoms with E-state index in [2.05, 4.69) is 5.10 Å². The van der Waals surface area contributed by atoms with Gasteiger partial charge in [0.2, 0.25) is 0 Å². The lowest BCUT2D eigenvalue weighted by Crippen LogP contribution is -2.41. The van der Waals surface area contributed by atoms with Crippen LogP contribution < -0.4 is 0 Å². The van der Waals surface area contributed by atoms with Gasteiger partial charge in [0.05, 0.1) is 18.9 Å². The van der Waals surface area contributed by atoms with E-state index in [4.69, 9.17) is 4.74 Å². The Kier molecular flexibility index (Phi) is 4.12. The molecule has 2 aromatic rings. The number of thiophene rings is 1. The fourth-order valence-electron chi connectivity index (χ4n) is 2.30. The molecule has 0 saturated carbocycles. The summed E-state index contributed by atoms with van der Waals surface area (Å²) in [6.07, 6.45) is 3.40. The zero-order valence-electron chi connectivity index (χ0n) is 11.7. The number of morpholine rings is 1. The lowest BCUT2D eigenvalue weighted by molar-refractivity contribution is -0.00254. The Balaban J connectivity index is 1.80. The van der Waals surface area contributed by atoms with E-state index in [0.717, 1.165) is 12.1 Å². The average Bonchev–Trinajstić information content (AvgIpc) is 3.19. The third-order valence-corrected chi connectivity index (χ3v) is 6.71. The normalized spacial score (nSPS) is 20.7. The highest BCUT2D eigenvalue weighted by molar-refractivity contribution is 7.91. The maximum absolute atomic E-state index is 12.5. The first-order valence-corrected chi connectivity index (χ1v) is 9.11. The van der Waals surface area contributed by atoms with E-state index in [-0.39, 0.29) is 6.10 Å². The molecule has 3 heterocycles. The van der Waals surface area contributed by atoms with Crippen LogP contribution in [0.2, 0.25) is 0 Å². The molecule has 3 rings (SSSR count). The molecule has 0 spiro atoms. The van der Waals surface area contributed by atoms with Crippen LogP contribution in [0.5, 0.6) is 0 Å². The number of hydrogen-bond donors (Lipinski definition) is 0. The molecule has 0 radical (unpaired) electrons. The lowest BCUT2D eigenvalue weighted by atomic mass is 10.2. The van der Waals surface area contributed by atoms with Gasteiger partial charge in [0.1, 0.15) is 4.21 Å². The maximum Gasteiger partial charge on any atom is 0.252 e. The maximum atomic E-state index is 12.5. The van der Waals surface area contributed by atoms with Crippen LogP contribution in [0.15, 0.2) is 34.1 Å². The van der Waals surface area contributed by atoms with E-state index in [9.17, 15) is 8.42 Å². The predicted octanol–water partition coefficient (Wildman–Crippen LogP) is 1.73. The predicted molar refractivity (Wildman–Crippen MR) is 79.7 cm³/mol. The van der Waals surface area contributed by atoms with Crippen LogP contribution in [-0.2, 0) is 21.3 Å². The van der Waals surface area contributed by atoms with Crippen molar-refractivity contribution in [3.8, 4) is 0 Å². The highest BCUT2D eigenvalue weighted by atomic mass is 32.2. The minimum Gasteiger partial charge on any atom is -0.371 e. The quantitative estimate of drug-likeness (QED) is 0.858. The van der Waals surface area contributed by atoms with E-state index in [0.29, 0.717) is 23.9 Å². The standard InChI is InChI=1S/C13H17N3O3S2/c1-2-15-9-11(8-14-15)12-10-16(5-6-19-12)21(17,18)13-4-3-7-20-13/h3-4,7-9,12H,2,5-6,10H2,1H3. The van der Waals surface area contributed by atoms with Crippen molar-refractivity contribution >= 4 is 21.4 Å². The van der Waals surface area contributed by atoms with Crippen LogP contribution in [0.25, 0.3) is 0 Å². The lowest BCUT2D eigenvalue weighted by Gasteiger charge is -2.31. The monoisotopic (exact) mass is 327 g/mol. The molecule has 114 valence electrons. The van der Waals surface area contributed by atoms with Crippen molar-refractivity contribution in [2.24, 2.45) is 0 Å². The summed E-state index contributed by atoms with van der Waals surface area (Å²) >= 11 is 1.24. The molecule has 1 aliphatic heterocycles. The van der Waals surface area contributed by atoms with Crippen molar-refractivity contribution < 1.29 is 13.2 Å². The fraction of sp³-hybridized carbons (Fsp3) is 0.462. The van der Waals surface area contributed by atoms with Gasteiger partial charge in [-0.25, -0.2) is 8.42 Å². The molecule has 1 aliphatic rings. The first-order chi connectivity index (χ1) is 10.1. The molecule has 0 aromatic carbocycles. The molecule has 0 N–H and O–H groups in total. The van der Waals surface area contributed by atoms with Gasteiger partial charge in [-0.15, -0.1) is 11.3 Å². The summed E-state index contributed by atoms with van der Waals surface area (Å²) in [6.45, 7) is 3.90. The highest BCUT2D eigenvalue weighted by Crippen LogP contribution is 2.27. The minimum atomic E-state index is -3.41. The molecule has 1 atom stereocenters. The third kappa shape index (κ3) is 2.89. The van der Waals surface area contributed by atoms with E-state index in [1.807, 2.05) is 17.8 Å². The van der Waals surface area contributed by atoms with Crippen LogP contribution in [0.1, 0.15) is 18.6 Å². The molecule has 1 fully saturated rings. The smallest absolute Gasteiger partial charge is 0.252 e. The summed E-state index contributed by atoms with van der Waals surface area (Å²) in [5.41, 5.74) is 0.919. The van der Waals surface area contributed by atoms with Gasteiger partial charge in [-0.3, -0.25) is 4.68 Å². The summed E-state index contributed by atoms with van der Waals surface area (Å²) in [5, 5.41) is 5.99. The van der Waals surface area contributed by atoms with Gasteiger partial charge in [-0.2, -0.15) is 9.40 Å². The minimum absolute atomic E-state index is 0.256. The number of aromatic nitrogens is 2. The van der Waals surface area contributed by atoms with E-state index in [1.165, 1.54) is 15.6 Å². The number of hydrogen-bond acceptors (Lipinski definition) is 5. The Morgan fingerprint density at radius 3 is 3.05 bits per heavy atom. The number of sulfonamides is 1. The Morgan fingerprint density at radius 1 is 1.52 bits per heavy atom. The van der Waals surface area contributed by atoms with Gasteiger partial charge >= 0.3 is 0 Å². The van der Waals surface area contributed by atoms with Crippen LogP contribution in [0.4, 0.5) is 0 Å². The van der Waals surface area contributed by atoms with Crippen molar-refractivity contribution in [3.63, 3.8) is 0 Å². The molecular formula is C13H17N3O3S2. The van der Waals surface area contributed by atoms with Crippen molar-refractivity contribution in [1.29, 1.82) is 0 Å². The number of ether oxygens (including phenoxy) is 1. The molecule has 1 saturated heterocycles. The first kappa shape index (κ1) is 14.7. The molecular weight excluding hydrogens is 310 g/mol. The topological polar surface area (TPSA) is 64.4 Å². The Hall–Kier alpha value is -1.22. The second kappa shape index (κ2) is 5.88. The first-order valence-electron chi connectivity index (χ1n) is 6.79. The Labute approximate surface area is 128 Å². The van der Waals surface area contributed by atoms with Gasteiger partial charge in [0, 0.05) is 31.4 Å². The summed E-state index contributed by atoms with van der Waals surface area (Å²) in [5.74, 6) is 0. The van der Waals surface area contributed by atoms with E-state index >= 15 is 0 Å². The molecule has 0 bridgehead atoms. The van der Waals surface area contributed by atoms with E-state index in [1.54, 1.807) is 23.7 Å². The Morgan fingerprint density at radius 2 is 2.38 bits per heavy atom. The number of nitrogens with zero attached hydrogens (tertiary/aromatic N) is 3. The van der Waals surface area contributed by atoms with Crippen LogP contribution in [-0.4, -0.2) is 42.2 Å². The van der Waals surface area contributed by atoms with Gasteiger partial charge in [0.15, 0.2) is 0 Å². The molecule has 0 aliphatic carbocycles. The van der Waals surface area contributed by atoms with Crippen molar-refractivity contribution in [2.75, 3.05) is 19.7 Å². The molecule has 0 amide bonds. The largest absolute Gasteiger partial charge is 0.371 e. The molecule has 8 heteroatoms. The highest BCUT2D eigenvalue weighted by Gasteiger charge is 2.32. The van der Waals surface area contributed by atoms with Gasteiger partial charge in [-0.05, 0) is 18.4 Å². The summed E-state index contributed by atoms with van der Waals surface area (Å²) in [4.78, 5) is 0. The third-order valence-electron chi connectivity index (χ3n) is 3.47. The molecule has 21 heavy (non-hydrogen) atoms. The van der Waals surface area contributed by atoms with E-state index < -0.39 is 10.0 Å². The molecule has 1 unspecified atom stereocenters. The van der Waals surface area contributed by atoms with Crippen LogP contribution in [0, 0.1) is 0 Å².